The molecule has 2 aromatic rings. The fourth-order valence-corrected chi connectivity index (χ4v) is 3.23. The van der Waals surface area contributed by atoms with Gasteiger partial charge in [0.05, 0.1) is 0 Å². The van der Waals surface area contributed by atoms with Gasteiger partial charge in [0.1, 0.15) is 5.88 Å². The molecule has 1 aromatic heterocycles. The zero-order valence-electron chi connectivity index (χ0n) is 9.39. The van der Waals surface area contributed by atoms with Crippen LogP contribution in [-0.4, -0.2) is 14.5 Å². The first-order chi connectivity index (χ1) is 8.88. The average molecular weight is 338 g/mol. The molecule has 0 fully saturated rings. The van der Waals surface area contributed by atoms with Crippen molar-refractivity contribution < 1.29 is 14.3 Å². The van der Waals surface area contributed by atoms with Gasteiger partial charge in [0.15, 0.2) is 10.8 Å². The molecule has 1 aromatic carbocycles. The molecule has 9 heteroatoms. The monoisotopic (exact) mass is 337 g/mol. The van der Waals surface area contributed by atoms with Crippen LogP contribution in [0.3, 0.4) is 0 Å². The Balaban J connectivity index is 2.34. The van der Waals surface area contributed by atoms with Gasteiger partial charge in [0, 0.05) is 5.56 Å². The molecule has 5 nitrogen and oxygen atoms in total. The Morgan fingerprint density at radius 3 is 2.58 bits per heavy atom. The first kappa shape index (κ1) is 14.8. The summed E-state index contributed by atoms with van der Waals surface area (Å²) in [6.45, 7) is 0. The third kappa shape index (κ3) is 3.72. The van der Waals surface area contributed by atoms with E-state index in [0.717, 1.165) is 4.74 Å². The SMILES string of the molecule is O=c1c(Cl)c(-c2ccccc2)on1CSP(O)(O)=S. The van der Waals surface area contributed by atoms with E-state index in [1.54, 1.807) is 24.3 Å². The van der Waals surface area contributed by atoms with Crippen LogP contribution >= 0.6 is 28.7 Å². The van der Waals surface area contributed by atoms with Crippen molar-refractivity contribution in [3.05, 3.63) is 45.7 Å². The van der Waals surface area contributed by atoms with Gasteiger partial charge < -0.3 is 14.3 Å². The van der Waals surface area contributed by atoms with Gasteiger partial charge in [-0.2, -0.15) is 4.74 Å². The predicted molar refractivity (Wildman–Crippen MR) is 79.7 cm³/mol. The largest absolute Gasteiger partial charge is 0.373 e. The van der Waals surface area contributed by atoms with Crippen LogP contribution in [0.2, 0.25) is 5.02 Å². The third-order valence-corrected chi connectivity index (χ3v) is 5.52. The van der Waals surface area contributed by atoms with Gasteiger partial charge in [0.2, 0.25) is 5.69 Å². The average Bonchev–Trinajstić information content (AvgIpc) is 2.64. The summed E-state index contributed by atoms with van der Waals surface area (Å²) < 4.78 is 6.27. The van der Waals surface area contributed by atoms with Crippen molar-refractivity contribution >= 4 is 40.5 Å². The quantitative estimate of drug-likeness (QED) is 0.835. The minimum absolute atomic E-state index is 0.0454. The maximum atomic E-state index is 11.8. The number of rotatable bonds is 4. The molecule has 0 bridgehead atoms. The summed E-state index contributed by atoms with van der Waals surface area (Å²) >= 11 is 11.0. The Bertz CT molecular complexity index is 679. The normalized spacial score (nSPS) is 11.7. The van der Waals surface area contributed by atoms with Gasteiger partial charge in [-0.25, -0.2) is 0 Å². The zero-order chi connectivity index (χ0) is 14.0. The fourth-order valence-electron chi connectivity index (χ4n) is 1.38. The Labute approximate surface area is 122 Å². The second-order valence-corrected chi connectivity index (χ2v) is 9.93. The van der Waals surface area contributed by atoms with Crippen LogP contribution in [0.1, 0.15) is 0 Å². The molecular formula is C10H9ClNO4PS2. The summed E-state index contributed by atoms with van der Waals surface area (Å²) in [5.74, 6) is 0.146. The van der Waals surface area contributed by atoms with Crippen molar-refractivity contribution in [3.8, 4) is 11.3 Å². The lowest BCUT2D eigenvalue weighted by Gasteiger charge is -2.05. The summed E-state index contributed by atoms with van der Waals surface area (Å²) in [6, 6.07) is 8.92. The Morgan fingerprint density at radius 2 is 2.00 bits per heavy atom. The lowest BCUT2D eigenvalue weighted by Crippen LogP contribution is -2.12. The summed E-state index contributed by atoms with van der Waals surface area (Å²) in [5.41, 5.74) is -3.31. The minimum Gasteiger partial charge on any atom is -0.373 e. The fraction of sp³-hybridized carbons (Fsp3) is 0.100. The molecule has 0 aliphatic carbocycles. The molecule has 0 amide bonds. The summed E-state index contributed by atoms with van der Waals surface area (Å²) in [4.78, 5) is 30.1. The number of aromatic nitrogens is 1. The van der Waals surface area contributed by atoms with Gasteiger partial charge in [-0.05, 0) is 23.2 Å². The Morgan fingerprint density at radius 1 is 1.37 bits per heavy atom. The van der Waals surface area contributed by atoms with E-state index in [1.165, 1.54) is 0 Å². The topological polar surface area (TPSA) is 75.6 Å². The maximum absolute atomic E-state index is 11.8. The highest BCUT2D eigenvalue weighted by molar-refractivity contribution is 8.66. The molecule has 0 aliphatic heterocycles. The highest BCUT2D eigenvalue weighted by Crippen LogP contribution is 2.51. The molecule has 0 saturated carbocycles. The molecule has 0 spiro atoms. The number of benzene rings is 1. The van der Waals surface area contributed by atoms with E-state index in [-0.39, 0.29) is 16.7 Å². The molecule has 102 valence electrons. The van der Waals surface area contributed by atoms with Crippen LogP contribution in [0, 0.1) is 0 Å². The van der Waals surface area contributed by atoms with E-state index in [0.29, 0.717) is 16.9 Å². The third-order valence-electron chi connectivity index (χ3n) is 2.19. The molecule has 2 rings (SSSR count). The van der Waals surface area contributed by atoms with E-state index >= 15 is 0 Å². The lowest BCUT2D eigenvalue weighted by molar-refractivity contribution is 0.302. The second-order valence-electron chi connectivity index (χ2n) is 3.53. The molecule has 0 atom stereocenters. The van der Waals surface area contributed by atoms with Crippen LogP contribution < -0.4 is 5.56 Å². The highest BCUT2D eigenvalue weighted by atomic mass is 35.5. The van der Waals surface area contributed by atoms with Gasteiger partial charge >= 0.3 is 5.56 Å². The van der Waals surface area contributed by atoms with Gasteiger partial charge in [-0.3, -0.25) is 4.79 Å². The Kier molecular flexibility index (Phi) is 4.55. The molecular weight excluding hydrogens is 329 g/mol. The van der Waals surface area contributed by atoms with Gasteiger partial charge in [0.25, 0.3) is 0 Å². The number of nitrogens with zero attached hydrogens (tertiary/aromatic N) is 1. The number of hydrogen-bond acceptors (Lipinski definition) is 4. The van der Waals surface area contributed by atoms with Crippen LogP contribution in [-0.2, 0) is 17.7 Å². The molecule has 1 heterocycles. The first-order valence-corrected chi connectivity index (χ1v) is 9.71. The zero-order valence-corrected chi connectivity index (χ0v) is 12.7. The number of halogens is 1. The number of hydrogen-bond donors (Lipinski definition) is 2. The molecule has 19 heavy (non-hydrogen) atoms. The molecule has 0 saturated heterocycles. The summed E-state index contributed by atoms with van der Waals surface area (Å²) in [6.07, 6.45) is 0. The lowest BCUT2D eigenvalue weighted by atomic mass is 10.2. The highest BCUT2D eigenvalue weighted by Gasteiger charge is 2.18. The summed E-state index contributed by atoms with van der Waals surface area (Å²) in [7, 11) is 0. The van der Waals surface area contributed by atoms with E-state index in [1.807, 2.05) is 6.07 Å². The van der Waals surface area contributed by atoms with Crippen LogP contribution in [0.5, 0.6) is 0 Å². The first-order valence-electron chi connectivity index (χ1n) is 5.03. The molecule has 2 N–H and O–H groups in total. The van der Waals surface area contributed by atoms with E-state index < -0.39 is 11.3 Å². The molecule has 0 radical (unpaired) electrons. The van der Waals surface area contributed by atoms with Crippen molar-refractivity contribution in [1.29, 1.82) is 0 Å². The minimum atomic E-state index is -3.44. The molecule has 0 aliphatic rings. The van der Waals surface area contributed by atoms with Crippen LogP contribution in [0.15, 0.2) is 39.6 Å². The van der Waals surface area contributed by atoms with Crippen molar-refractivity contribution in [2.24, 2.45) is 0 Å². The second kappa shape index (κ2) is 5.83. The van der Waals surface area contributed by atoms with Crippen LogP contribution in [0.4, 0.5) is 0 Å². The maximum Gasteiger partial charge on any atom is 0.302 e. The molecule has 0 unspecified atom stereocenters. The van der Waals surface area contributed by atoms with Gasteiger partial charge in [-0.15, -0.1) is 0 Å². The van der Waals surface area contributed by atoms with Crippen molar-refractivity contribution in [2.75, 3.05) is 0 Å². The van der Waals surface area contributed by atoms with E-state index in [2.05, 4.69) is 11.8 Å². The predicted octanol–water partition coefficient (Wildman–Crippen LogP) is 2.66. The smallest absolute Gasteiger partial charge is 0.302 e. The van der Waals surface area contributed by atoms with Crippen LogP contribution in [0.25, 0.3) is 11.3 Å². The van der Waals surface area contributed by atoms with Crippen molar-refractivity contribution in [1.82, 2.24) is 4.74 Å². The van der Waals surface area contributed by atoms with E-state index in [4.69, 9.17) is 25.9 Å². The van der Waals surface area contributed by atoms with Crippen molar-refractivity contribution in [2.45, 2.75) is 5.88 Å². The van der Waals surface area contributed by atoms with Crippen molar-refractivity contribution in [3.63, 3.8) is 0 Å². The summed E-state index contributed by atoms with van der Waals surface area (Å²) in [5, 5.41) is -0.0454. The van der Waals surface area contributed by atoms with E-state index in [9.17, 15) is 4.79 Å². The Hall–Kier alpha value is -0.560. The standard InChI is InChI=1S/C10H9ClNO4PS2/c11-8-9(7-4-2-1-3-5-7)16-12(10(8)13)6-19-17(14,15)18/h1-5H,6H2,(H2,14,15,18). The van der Waals surface area contributed by atoms with Gasteiger partial charge in [-0.1, -0.05) is 41.9 Å².